The quantitative estimate of drug-likeness (QED) is 0.650. The summed E-state index contributed by atoms with van der Waals surface area (Å²) in [5.74, 6) is -0.774. The molecule has 4 nitrogen and oxygen atoms in total. The molecule has 142 valence electrons. The van der Waals surface area contributed by atoms with Crippen molar-refractivity contribution in [2.75, 3.05) is 4.90 Å². The molecule has 3 rings (SSSR count). The maximum atomic E-state index is 13.2. The molecule has 0 spiro atoms. The van der Waals surface area contributed by atoms with Crippen LogP contribution in [0.4, 0.5) is 5.69 Å². The van der Waals surface area contributed by atoms with Crippen molar-refractivity contribution >= 4 is 33.5 Å². The third-order valence-electron chi connectivity index (χ3n) is 4.43. The van der Waals surface area contributed by atoms with Crippen molar-refractivity contribution in [3.8, 4) is 0 Å². The van der Waals surface area contributed by atoms with Gasteiger partial charge < -0.3 is 9.64 Å². The summed E-state index contributed by atoms with van der Waals surface area (Å²) in [5.41, 5.74) is 2.47. The van der Waals surface area contributed by atoms with Crippen molar-refractivity contribution in [2.24, 2.45) is 5.92 Å². The highest BCUT2D eigenvalue weighted by Gasteiger charge is 2.35. The number of carbonyl (C=O) groups excluding carboxylic acids is 2. The van der Waals surface area contributed by atoms with Gasteiger partial charge in [0.25, 0.3) is 0 Å². The van der Waals surface area contributed by atoms with Gasteiger partial charge in [0.15, 0.2) is 0 Å². The van der Waals surface area contributed by atoms with E-state index in [4.69, 9.17) is 4.74 Å². The number of hydrogen-bond acceptors (Lipinski definition) is 3. The van der Waals surface area contributed by atoms with Crippen LogP contribution in [0.1, 0.15) is 38.3 Å². The van der Waals surface area contributed by atoms with Crippen molar-refractivity contribution in [3.63, 3.8) is 0 Å². The molecule has 0 saturated heterocycles. The van der Waals surface area contributed by atoms with Crippen molar-refractivity contribution in [2.45, 2.75) is 45.8 Å². The van der Waals surface area contributed by atoms with Gasteiger partial charge in [-0.2, -0.15) is 0 Å². The molecule has 0 saturated carbocycles. The van der Waals surface area contributed by atoms with Gasteiger partial charge in [-0.05, 0) is 56.5 Å². The summed E-state index contributed by atoms with van der Waals surface area (Å²) in [6, 6.07) is 15.8. The van der Waals surface area contributed by atoms with E-state index in [2.05, 4.69) is 15.9 Å². The van der Waals surface area contributed by atoms with E-state index in [0.717, 1.165) is 21.3 Å². The molecule has 27 heavy (non-hydrogen) atoms. The van der Waals surface area contributed by atoms with Crippen LogP contribution < -0.4 is 4.90 Å². The number of halogens is 1. The van der Waals surface area contributed by atoms with Gasteiger partial charge in [-0.15, -0.1) is 0 Å². The van der Waals surface area contributed by atoms with Crippen LogP contribution >= 0.6 is 15.9 Å². The lowest BCUT2D eigenvalue weighted by atomic mass is 9.89. The van der Waals surface area contributed by atoms with E-state index >= 15 is 0 Å². The van der Waals surface area contributed by atoms with Crippen LogP contribution in [0.3, 0.4) is 0 Å². The summed E-state index contributed by atoms with van der Waals surface area (Å²) in [6.07, 6.45) is 0.630. The zero-order valence-corrected chi connectivity index (χ0v) is 17.5. The fraction of sp³-hybridized carbons (Fsp3) is 0.364. The van der Waals surface area contributed by atoms with E-state index in [9.17, 15) is 9.59 Å². The first-order valence-electron chi connectivity index (χ1n) is 9.08. The van der Waals surface area contributed by atoms with Gasteiger partial charge in [-0.1, -0.05) is 46.3 Å². The average Bonchev–Trinajstić information content (AvgIpc) is 2.57. The van der Waals surface area contributed by atoms with Gasteiger partial charge in [-0.3, -0.25) is 9.59 Å². The normalized spacial score (nSPS) is 16.8. The van der Waals surface area contributed by atoms with E-state index in [1.807, 2.05) is 69.3 Å². The summed E-state index contributed by atoms with van der Waals surface area (Å²) in [6.45, 7) is 5.99. The summed E-state index contributed by atoms with van der Waals surface area (Å²) in [5, 5.41) is 0. The van der Waals surface area contributed by atoms with E-state index < -0.39 is 11.5 Å². The van der Waals surface area contributed by atoms with Gasteiger partial charge in [0.2, 0.25) is 5.91 Å². The molecule has 0 aromatic heterocycles. The van der Waals surface area contributed by atoms with Crippen LogP contribution in [0.2, 0.25) is 0 Å². The molecule has 0 bridgehead atoms. The minimum atomic E-state index is -0.556. The summed E-state index contributed by atoms with van der Waals surface area (Å²) in [7, 11) is 0. The Morgan fingerprint density at radius 1 is 1.19 bits per heavy atom. The topological polar surface area (TPSA) is 46.6 Å². The highest BCUT2D eigenvalue weighted by atomic mass is 79.9. The number of nitrogens with zero attached hydrogens (tertiary/aromatic N) is 1. The Balaban J connectivity index is 1.87. The van der Waals surface area contributed by atoms with Crippen molar-refractivity contribution in [1.82, 2.24) is 0 Å². The Bertz CT molecular complexity index is 842. The second kappa shape index (κ2) is 7.85. The molecule has 1 aliphatic heterocycles. The van der Waals surface area contributed by atoms with Crippen LogP contribution in [0.5, 0.6) is 0 Å². The summed E-state index contributed by atoms with van der Waals surface area (Å²) in [4.78, 5) is 27.3. The first kappa shape index (κ1) is 19.6. The molecule has 1 atom stereocenters. The Morgan fingerprint density at radius 2 is 1.89 bits per heavy atom. The molecule has 1 amide bonds. The zero-order chi connectivity index (χ0) is 19.6. The number of ether oxygens (including phenoxy) is 1. The third kappa shape index (κ3) is 4.98. The molecule has 0 unspecified atom stereocenters. The number of amides is 1. The van der Waals surface area contributed by atoms with Crippen molar-refractivity contribution in [3.05, 3.63) is 64.1 Å². The first-order chi connectivity index (χ1) is 12.7. The number of fused-ring (bicyclic) bond motifs is 1. The molecular formula is C22H24BrNO3. The summed E-state index contributed by atoms with van der Waals surface area (Å²) >= 11 is 3.51. The lowest BCUT2D eigenvalue weighted by molar-refractivity contribution is -0.157. The second-order valence-electron chi connectivity index (χ2n) is 7.87. The Labute approximate surface area is 168 Å². The fourth-order valence-corrected chi connectivity index (χ4v) is 3.75. The lowest BCUT2D eigenvalue weighted by Crippen LogP contribution is -2.42. The minimum absolute atomic E-state index is 0.0282. The predicted molar refractivity (Wildman–Crippen MR) is 109 cm³/mol. The molecule has 1 aliphatic rings. The standard InChI is InChI=1S/C22H24BrNO3/c1-22(2,3)27-20(25)13-17-11-16-12-18(23)9-10-19(16)24(21(17)26)14-15-7-5-4-6-8-15/h4-10,12,17H,11,13-14H2,1-3H3/t17-/m1/s1. The number of anilines is 1. The Morgan fingerprint density at radius 3 is 2.56 bits per heavy atom. The van der Waals surface area contributed by atoms with Gasteiger partial charge in [0.05, 0.1) is 18.9 Å². The third-order valence-corrected chi connectivity index (χ3v) is 4.92. The molecule has 1 heterocycles. The molecular weight excluding hydrogens is 406 g/mol. The van der Waals surface area contributed by atoms with E-state index in [1.165, 1.54) is 0 Å². The molecule has 2 aromatic rings. The second-order valence-corrected chi connectivity index (χ2v) is 8.79. The van der Waals surface area contributed by atoms with Gasteiger partial charge >= 0.3 is 5.97 Å². The Kier molecular flexibility index (Phi) is 5.70. The molecule has 0 aliphatic carbocycles. The summed E-state index contributed by atoms with van der Waals surface area (Å²) < 4.78 is 6.40. The Hall–Kier alpha value is -2.14. The number of rotatable bonds is 4. The number of hydrogen-bond donors (Lipinski definition) is 0. The van der Waals surface area contributed by atoms with Crippen LogP contribution in [0.25, 0.3) is 0 Å². The van der Waals surface area contributed by atoms with E-state index in [-0.39, 0.29) is 18.3 Å². The van der Waals surface area contributed by atoms with Crippen molar-refractivity contribution < 1.29 is 14.3 Å². The largest absolute Gasteiger partial charge is 0.460 e. The van der Waals surface area contributed by atoms with Crippen molar-refractivity contribution in [1.29, 1.82) is 0 Å². The highest BCUT2D eigenvalue weighted by molar-refractivity contribution is 9.10. The smallest absolute Gasteiger partial charge is 0.307 e. The first-order valence-corrected chi connectivity index (χ1v) is 9.88. The molecule has 0 N–H and O–H groups in total. The van der Waals surface area contributed by atoms with Crippen LogP contribution in [-0.4, -0.2) is 17.5 Å². The predicted octanol–water partition coefficient (Wildman–Crippen LogP) is 4.89. The van der Waals surface area contributed by atoms with Gasteiger partial charge in [0.1, 0.15) is 5.60 Å². The number of carbonyl (C=O) groups is 2. The maximum absolute atomic E-state index is 13.2. The van der Waals surface area contributed by atoms with Gasteiger partial charge in [-0.25, -0.2) is 0 Å². The fourth-order valence-electron chi connectivity index (χ4n) is 3.35. The molecule has 2 aromatic carbocycles. The van der Waals surface area contributed by atoms with E-state index in [0.29, 0.717) is 13.0 Å². The minimum Gasteiger partial charge on any atom is -0.460 e. The SMILES string of the molecule is CC(C)(C)OC(=O)C[C@H]1Cc2cc(Br)ccc2N(Cc2ccccc2)C1=O. The van der Waals surface area contributed by atoms with Crippen LogP contribution in [0, 0.1) is 5.92 Å². The van der Waals surface area contributed by atoms with Gasteiger partial charge in [0, 0.05) is 10.2 Å². The average molecular weight is 430 g/mol. The number of benzene rings is 2. The maximum Gasteiger partial charge on any atom is 0.307 e. The van der Waals surface area contributed by atoms with E-state index in [1.54, 1.807) is 4.90 Å². The molecule has 0 radical (unpaired) electrons. The van der Waals surface area contributed by atoms with Crippen LogP contribution in [0.15, 0.2) is 53.0 Å². The lowest BCUT2D eigenvalue weighted by Gasteiger charge is -2.34. The zero-order valence-electron chi connectivity index (χ0n) is 15.9. The molecule has 0 fully saturated rings. The highest BCUT2D eigenvalue weighted by Crippen LogP contribution is 2.35. The number of esters is 1. The monoisotopic (exact) mass is 429 g/mol. The molecule has 5 heteroatoms. The van der Waals surface area contributed by atoms with Crippen LogP contribution in [-0.2, 0) is 27.3 Å².